The molecule has 0 amide bonds. The van der Waals surface area contributed by atoms with E-state index in [0.29, 0.717) is 22.1 Å². The van der Waals surface area contributed by atoms with Crippen molar-refractivity contribution < 1.29 is 13.9 Å². The van der Waals surface area contributed by atoms with E-state index in [-0.39, 0.29) is 5.82 Å². The summed E-state index contributed by atoms with van der Waals surface area (Å²) in [4.78, 5) is 14.8. The van der Waals surface area contributed by atoms with Gasteiger partial charge in [0.1, 0.15) is 11.6 Å². The van der Waals surface area contributed by atoms with Crippen LogP contribution < -0.4 is 10.1 Å². The highest BCUT2D eigenvalue weighted by molar-refractivity contribution is 7.15. The lowest BCUT2D eigenvalue weighted by atomic mass is 10.2. The van der Waals surface area contributed by atoms with Crippen molar-refractivity contribution in [2.24, 2.45) is 0 Å². The van der Waals surface area contributed by atoms with Gasteiger partial charge in [-0.05, 0) is 50.2 Å². The molecule has 4 nitrogen and oxygen atoms in total. The largest absolute Gasteiger partial charge is 0.431 e. The van der Waals surface area contributed by atoms with Crippen LogP contribution in [0.5, 0.6) is 10.9 Å². The van der Waals surface area contributed by atoms with E-state index in [1.807, 2.05) is 0 Å². The standard InChI is InChI=1S/C10H6FNO2S.C5H11N/c11-7-1-3-8(4-2-7)14-10-12-5-9(6-13)15-10;1-2-4-6-5-3-1/h1-6H;6H,1-5H2. The molecule has 6 heteroatoms. The van der Waals surface area contributed by atoms with E-state index >= 15 is 0 Å². The molecule has 0 unspecified atom stereocenters. The fourth-order valence-corrected chi connectivity index (χ4v) is 2.38. The van der Waals surface area contributed by atoms with Crippen molar-refractivity contribution >= 4 is 17.6 Å². The summed E-state index contributed by atoms with van der Waals surface area (Å²) in [6, 6.07) is 5.59. The van der Waals surface area contributed by atoms with Crippen LogP contribution in [-0.4, -0.2) is 24.4 Å². The number of nitrogens with one attached hydrogen (secondary N) is 1. The zero-order chi connectivity index (χ0) is 14.9. The summed E-state index contributed by atoms with van der Waals surface area (Å²) >= 11 is 1.14. The van der Waals surface area contributed by atoms with Crippen LogP contribution in [0.4, 0.5) is 4.39 Å². The normalized spacial score (nSPS) is 14.0. The van der Waals surface area contributed by atoms with Gasteiger partial charge in [-0.2, -0.15) is 0 Å². The fraction of sp³-hybridized carbons (Fsp3) is 0.333. The van der Waals surface area contributed by atoms with Crippen LogP contribution in [0.25, 0.3) is 0 Å². The smallest absolute Gasteiger partial charge is 0.279 e. The van der Waals surface area contributed by atoms with E-state index in [4.69, 9.17) is 4.74 Å². The number of nitrogens with zero attached hydrogens (tertiary/aromatic N) is 1. The van der Waals surface area contributed by atoms with Gasteiger partial charge in [0.2, 0.25) is 0 Å². The molecule has 0 bridgehead atoms. The maximum absolute atomic E-state index is 12.6. The average molecular weight is 308 g/mol. The molecule has 21 heavy (non-hydrogen) atoms. The first kappa shape index (κ1) is 15.6. The SMILES string of the molecule is C1CCNCC1.O=Cc1cnc(Oc2ccc(F)cc2)s1. The summed E-state index contributed by atoms with van der Waals surface area (Å²) in [6.45, 7) is 2.50. The third kappa shape index (κ3) is 5.61. The molecule has 0 spiro atoms. The predicted molar refractivity (Wildman–Crippen MR) is 80.7 cm³/mol. The molecule has 3 rings (SSSR count). The average Bonchev–Trinajstić information content (AvgIpc) is 3.00. The zero-order valence-electron chi connectivity index (χ0n) is 11.5. The molecule has 1 saturated heterocycles. The Morgan fingerprint density at radius 2 is 1.90 bits per heavy atom. The van der Waals surface area contributed by atoms with Gasteiger partial charge in [0.25, 0.3) is 5.19 Å². The highest BCUT2D eigenvalue weighted by atomic mass is 32.1. The minimum atomic E-state index is -0.324. The van der Waals surface area contributed by atoms with Crippen molar-refractivity contribution in [1.29, 1.82) is 0 Å². The summed E-state index contributed by atoms with van der Waals surface area (Å²) in [7, 11) is 0. The molecule has 112 valence electrons. The van der Waals surface area contributed by atoms with E-state index < -0.39 is 0 Å². The molecule has 0 radical (unpaired) electrons. The van der Waals surface area contributed by atoms with Gasteiger partial charge in [0.05, 0.1) is 11.1 Å². The number of piperidine rings is 1. The van der Waals surface area contributed by atoms with Gasteiger partial charge < -0.3 is 10.1 Å². The Balaban J connectivity index is 0.000000225. The lowest BCUT2D eigenvalue weighted by Gasteiger charge is -2.08. The maximum atomic E-state index is 12.6. The number of ether oxygens (including phenoxy) is 1. The maximum Gasteiger partial charge on any atom is 0.279 e. The van der Waals surface area contributed by atoms with E-state index in [2.05, 4.69) is 10.3 Å². The van der Waals surface area contributed by atoms with Crippen LogP contribution >= 0.6 is 11.3 Å². The molecule has 0 aliphatic carbocycles. The lowest BCUT2D eigenvalue weighted by Crippen LogP contribution is -2.21. The van der Waals surface area contributed by atoms with E-state index in [9.17, 15) is 9.18 Å². The van der Waals surface area contributed by atoms with Gasteiger partial charge in [-0.15, -0.1) is 0 Å². The topological polar surface area (TPSA) is 51.2 Å². The third-order valence-corrected chi connectivity index (χ3v) is 3.65. The number of aldehydes is 1. The van der Waals surface area contributed by atoms with Gasteiger partial charge in [0, 0.05) is 0 Å². The Hall–Kier alpha value is -1.79. The zero-order valence-corrected chi connectivity index (χ0v) is 12.4. The second-order valence-corrected chi connectivity index (χ2v) is 5.54. The quantitative estimate of drug-likeness (QED) is 0.879. The Labute approximate surface area is 127 Å². The number of carbonyl (C=O) groups excluding carboxylic acids is 1. The minimum Gasteiger partial charge on any atom is -0.431 e. The van der Waals surface area contributed by atoms with Crippen molar-refractivity contribution in [1.82, 2.24) is 10.3 Å². The molecular weight excluding hydrogens is 291 g/mol. The number of carbonyl (C=O) groups is 1. The highest BCUT2D eigenvalue weighted by Crippen LogP contribution is 2.25. The number of rotatable bonds is 3. The summed E-state index contributed by atoms with van der Waals surface area (Å²) in [5.74, 6) is 0.165. The number of hydrogen-bond donors (Lipinski definition) is 1. The number of aromatic nitrogens is 1. The molecule has 2 heterocycles. The Bertz CT molecular complexity index is 542. The Morgan fingerprint density at radius 3 is 2.38 bits per heavy atom. The van der Waals surface area contributed by atoms with Gasteiger partial charge >= 0.3 is 0 Å². The molecule has 0 saturated carbocycles. The van der Waals surface area contributed by atoms with E-state index in [1.54, 1.807) is 0 Å². The van der Waals surface area contributed by atoms with Crippen LogP contribution in [0.15, 0.2) is 30.5 Å². The van der Waals surface area contributed by atoms with Crippen molar-refractivity contribution in [3.8, 4) is 10.9 Å². The second kappa shape index (κ2) is 8.49. The summed E-state index contributed by atoms with van der Waals surface area (Å²) < 4.78 is 17.9. The fourth-order valence-electron chi connectivity index (χ4n) is 1.78. The van der Waals surface area contributed by atoms with E-state index in [0.717, 1.165) is 11.3 Å². The molecule has 1 aromatic carbocycles. The molecule has 2 aromatic rings. The van der Waals surface area contributed by atoms with Crippen molar-refractivity contribution in [3.63, 3.8) is 0 Å². The summed E-state index contributed by atoms with van der Waals surface area (Å²) in [6.07, 6.45) is 6.35. The monoisotopic (exact) mass is 308 g/mol. The van der Waals surface area contributed by atoms with Crippen LogP contribution in [0, 0.1) is 5.82 Å². The number of benzene rings is 1. The number of thiazole rings is 1. The van der Waals surface area contributed by atoms with Gasteiger partial charge in [-0.25, -0.2) is 9.37 Å². The first-order valence-corrected chi connectivity index (χ1v) is 7.65. The van der Waals surface area contributed by atoms with Crippen LogP contribution in [0.3, 0.4) is 0 Å². The first-order valence-electron chi connectivity index (χ1n) is 6.83. The molecule has 0 atom stereocenters. The molecule has 1 aliphatic rings. The minimum absolute atomic E-state index is 0.324. The van der Waals surface area contributed by atoms with Crippen molar-refractivity contribution in [3.05, 3.63) is 41.2 Å². The van der Waals surface area contributed by atoms with Crippen LogP contribution in [0.2, 0.25) is 0 Å². The third-order valence-electron chi connectivity index (χ3n) is 2.84. The van der Waals surface area contributed by atoms with Crippen LogP contribution in [-0.2, 0) is 0 Å². The molecule has 1 aliphatic heterocycles. The predicted octanol–water partition coefficient (Wildman–Crippen LogP) is 3.65. The number of halogens is 1. The van der Waals surface area contributed by atoms with E-state index in [1.165, 1.54) is 62.8 Å². The Morgan fingerprint density at radius 1 is 1.19 bits per heavy atom. The molecule has 1 aromatic heterocycles. The van der Waals surface area contributed by atoms with Gasteiger partial charge in [-0.3, -0.25) is 4.79 Å². The van der Waals surface area contributed by atoms with Crippen molar-refractivity contribution in [2.45, 2.75) is 19.3 Å². The van der Waals surface area contributed by atoms with Crippen molar-refractivity contribution in [2.75, 3.05) is 13.1 Å². The van der Waals surface area contributed by atoms with Gasteiger partial charge in [0.15, 0.2) is 6.29 Å². The summed E-state index contributed by atoms with van der Waals surface area (Å²) in [5, 5.41) is 3.65. The van der Waals surface area contributed by atoms with Gasteiger partial charge in [-0.1, -0.05) is 17.8 Å². The molecular formula is C15H17FN2O2S. The molecule has 1 fully saturated rings. The molecule has 1 N–H and O–H groups in total. The Kier molecular flexibility index (Phi) is 6.30. The van der Waals surface area contributed by atoms with Crippen LogP contribution in [0.1, 0.15) is 28.9 Å². The highest BCUT2D eigenvalue weighted by Gasteiger charge is 2.03. The number of hydrogen-bond acceptors (Lipinski definition) is 5. The first-order chi connectivity index (χ1) is 10.3. The second-order valence-electron chi connectivity index (χ2n) is 4.51. The summed E-state index contributed by atoms with van der Waals surface area (Å²) in [5.41, 5.74) is 0. The lowest BCUT2D eigenvalue weighted by molar-refractivity contribution is 0.112.